The molecule has 1 aliphatic rings. The number of amides is 6. The molecule has 2 atom stereocenters. The first-order chi connectivity index (χ1) is 11.8. The van der Waals surface area contributed by atoms with Crippen LogP contribution in [0.3, 0.4) is 0 Å². The number of nitrogens with one attached hydrogen (secondary N) is 4. The van der Waals surface area contributed by atoms with Crippen molar-refractivity contribution in [3.63, 3.8) is 0 Å². The summed E-state index contributed by atoms with van der Waals surface area (Å²) in [5.74, 6) is 0. The number of rotatable bonds is 6. The Bertz CT molecular complexity index is 507. The molecule has 1 saturated heterocycles. The zero-order valence-corrected chi connectivity index (χ0v) is 16.1. The molecule has 1 heterocycles. The lowest BCUT2D eigenvalue weighted by molar-refractivity contribution is 0.161. The molecule has 150 valence electrons. The van der Waals surface area contributed by atoms with Gasteiger partial charge in [-0.1, -0.05) is 0 Å². The first-order valence-corrected chi connectivity index (χ1v) is 8.22. The number of hydrogen-bond acceptors (Lipinski definition) is 5. The van der Waals surface area contributed by atoms with Crippen molar-refractivity contribution in [1.29, 1.82) is 0 Å². The molecule has 0 unspecified atom stereocenters. The number of aliphatic hydroxyl groups excluding tert-OH is 2. The van der Waals surface area contributed by atoms with E-state index in [2.05, 4.69) is 21.3 Å². The summed E-state index contributed by atoms with van der Waals surface area (Å²) in [7, 11) is 3.00. The molecular formula is C15H30N6O5. The second-order valence-electron chi connectivity index (χ2n) is 7.67. The van der Waals surface area contributed by atoms with Crippen molar-refractivity contribution in [3.8, 4) is 0 Å². The lowest BCUT2D eigenvalue weighted by Gasteiger charge is -2.31. The molecule has 0 bridgehead atoms. The zero-order chi connectivity index (χ0) is 20.3. The highest BCUT2D eigenvalue weighted by Gasteiger charge is 2.44. The van der Waals surface area contributed by atoms with Crippen LogP contribution in [0.5, 0.6) is 0 Å². The molecule has 11 nitrogen and oxygen atoms in total. The van der Waals surface area contributed by atoms with Crippen LogP contribution in [0.2, 0.25) is 0 Å². The van der Waals surface area contributed by atoms with Gasteiger partial charge in [0.25, 0.3) is 0 Å². The van der Waals surface area contributed by atoms with E-state index in [1.807, 2.05) is 0 Å². The number of aliphatic hydroxyl groups is 2. The summed E-state index contributed by atoms with van der Waals surface area (Å²) in [4.78, 5) is 39.1. The first-order valence-electron chi connectivity index (χ1n) is 8.22. The molecule has 1 fully saturated rings. The molecule has 11 heteroatoms. The maximum absolute atomic E-state index is 12.2. The van der Waals surface area contributed by atoms with Gasteiger partial charge in [-0.3, -0.25) is 0 Å². The van der Waals surface area contributed by atoms with Gasteiger partial charge in [0, 0.05) is 14.1 Å². The smallest absolute Gasteiger partial charge is 0.323 e. The number of carbonyl (C=O) groups excluding carboxylic acids is 3. The third-order valence-corrected chi connectivity index (χ3v) is 3.99. The van der Waals surface area contributed by atoms with Crippen LogP contribution in [0, 0.1) is 0 Å². The third-order valence-electron chi connectivity index (χ3n) is 3.99. The Morgan fingerprint density at radius 1 is 0.885 bits per heavy atom. The van der Waals surface area contributed by atoms with E-state index >= 15 is 0 Å². The van der Waals surface area contributed by atoms with E-state index < -0.39 is 35.5 Å². The van der Waals surface area contributed by atoms with Gasteiger partial charge in [-0.15, -0.1) is 0 Å². The lowest BCUT2D eigenvalue weighted by Crippen LogP contribution is -2.62. The molecule has 6 N–H and O–H groups in total. The van der Waals surface area contributed by atoms with Crippen molar-refractivity contribution in [2.24, 2.45) is 0 Å². The van der Waals surface area contributed by atoms with E-state index in [1.54, 1.807) is 27.7 Å². The minimum Gasteiger partial charge on any atom is -0.394 e. The van der Waals surface area contributed by atoms with Crippen molar-refractivity contribution >= 4 is 18.1 Å². The van der Waals surface area contributed by atoms with Crippen LogP contribution in [0.1, 0.15) is 27.7 Å². The van der Waals surface area contributed by atoms with Crippen LogP contribution in [-0.4, -0.2) is 88.8 Å². The van der Waals surface area contributed by atoms with E-state index in [9.17, 15) is 24.6 Å². The fourth-order valence-electron chi connectivity index (χ4n) is 2.30. The predicted octanol–water partition coefficient (Wildman–Crippen LogP) is -1.22. The van der Waals surface area contributed by atoms with E-state index in [-0.39, 0.29) is 19.2 Å². The van der Waals surface area contributed by atoms with Gasteiger partial charge < -0.3 is 41.3 Å². The molecule has 0 radical (unpaired) electrons. The van der Waals surface area contributed by atoms with Crippen molar-refractivity contribution in [2.75, 3.05) is 27.3 Å². The molecule has 1 rings (SSSR count). The molecule has 6 amide bonds. The second-order valence-corrected chi connectivity index (χ2v) is 7.67. The van der Waals surface area contributed by atoms with E-state index in [1.165, 1.54) is 23.9 Å². The van der Waals surface area contributed by atoms with Crippen LogP contribution >= 0.6 is 0 Å². The van der Waals surface area contributed by atoms with Crippen molar-refractivity contribution in [3.05, 3.63) is 0 Å². The van der Waals surface area contributed by atoms with Crippen LogP contribution in [0.15, 0.2) is 0 Å². The molecule has 0 aromatic heterocycles. The quantitative estimate of drug-likeness (QED) is 0.345. The van der Waals surface area contributed by atoms with Crippen LogP contribution in [0.4, 0.5) is 14.4 Å². The Labute approximate surface area is 153 Å². The molecular weight excluding hydrogens is 344 g/mol. The van der Waals surface area contributed by atoms with Gasteiger partial charge in [0.05, 0.1) is 24.3 Å². The van der Waals surface area contributed by atoms with Gasteiger partial charge in [-0.25, -0.2) is 14.4 Å². The zero-order valence-electron chi connectivity index (χ0n) is 16.1. The van der Waals surface area contributed by atoms with Crippen LogP contribution in [-0.2, 0) is 0 Å². The standard InChI is InChI=1S/C15H30N6O5/c1-14(2,7-22)18-11(24)16-9-10(21(6)13(26)20(9)5)17-12(25)19-15(3,4)8-23/h9-10,22-23H,7-8H2,1-6H3,(H2,16,18,24)(H2,17,19,25)/t9-,10-/m0/s1. The molecule has 1 aliphatic heterocycles. The van der Waals surface area contributed by atoms with Gasteiger partial charge in [-0.05, 0) is 27.7 Å². The molecule has 0 aromatic rings. The van der Waals surface area contributed by atoms with E-state index in [0.29, 0.717) is 0 Å². The summed E-state index contributed by atoms with van der Waals surface area (Å²) in [5.41, 5.74) is -1.69. The van der Waals surface area contributed by atoms with Crippen molar-refractivity contribution in [1.82, 2.24) is 31.1 Å². The topological polar surface area (TPSA) is 146 Å². The summed E-state index contributed by atoms with van der Waals surface area (Å²) in [6, 6.07) is -1.57. The van der Waals surface area contributed by atoms with Gasteiger partial charge in [0.2, 0.25) is 0 Å². The summed E-state index contributed by atoms with van der Waals surface area (Å²) in [6.45, 7) is 6.04. The minimum absolute atomic E-state index is 0.264. The Morgan fingerprint density at radius 2 is 1.19 bits per heavy atom. The van der Waals surface area contributed by atoms with Crippen LogP contribution < -0.4 is 21.3 Å². The minimum atomic E-state index is -0.845. The summed E-state index contributed by atoms with van der Waals surface area (Å²) < 4.78 is 0. The monoisotopic (exact) mass is 374 g/mol. The Balaban J connectivity index is 2.85. The van der Waals surface area contributed by atoms with Gasteiger partial charge in [-0.2, -0.15) is 0 Å². The normalized spacial score (nSPS) is 20.8. The summed E-state index contributed by atoms with van der Waals surface area (Å²) in [6.07, 6.45) is -1.66. The molecule has 0 spiro atoms. The SMILES string of the molecule is CN1C(=O)N(C)[C@H](NC(=O)NC(C)(C)CO)[C@H]1NC(=O)NC(C)(C)CO. The molecule has 0 aliphatic carbocycles. The Morgan fingerprint density at radius 3 is 1.46 bits per heavy atom. The number of carbonyl (C=O) groups is 3. The maximum Gasteiger partial charge on any atom is 0.323 e. The maximum atomic E-state index is 12.2. The fraction of sp³-hybridized carbons (Fsp3) is 0.800. The highest BCUT2D eigenvalue weighted by atomic mass is 16.3. The predicted molar refractivity (Wildman–Crippen MR) is 94.2 cm³/mol. The lowest BCUT2D eigenvalue weighted by atomic mass is 10.1. The van der Waals surface area contributed by atoms with Crippen molar-refractivity contribution in [2.45, 2.75) is 51.1 Å². The van der Waals surface area contributed by atoms with Gasteiger partial charge >= 0.3 is 18.1 Å². The third kappa shape index (κ3) is 5.36. The first kappa shape index (κ1) is 21.8. The molecule has 26 heavy (non-hydrogen) atoms. The highest BCUT2D eigenvalue weighted by molar-refractivity contribution is 5.82. The van der Waals surface area contributed by atoms with E-state index in [0.717, 1.165) is 0 Å². The summed E-state index contributed by atoms with van der Waals surface area (Å²) in [5, 5.41) is 28.9. The summed E-state index contributed by atoms with van der Waals surface area (Å²) >= 11 is 0. The Hall–Kier alpha value is -2.27. The molecule has 0 saturated carbocycles. The van der Waals surface area contributed by atoms with Gasteiger partial charge in [0.1, 0.15) is 12.3 Å². The average molecular weight is 374 g/mol. The highest BCUT2D eigenvalue weighted by Crippen LogP contribution is 2.16. The number of urea groups is 3. The largest absolute Gasteiger partial charge is 0.394 e. The number of likely N-dealkylation sites (N-methyl/N-ethyl adjacent to an activating group) is 2. The average Bonchev–Trinajstić information content (AvgIpc) is 2.72. The van der Waals surface area contributed by atoms with Crippen LogP contribution in [0.25, 0.3) is 0 Å². The number of hydrogen-bond donors (Lipinski definition) is 6. The Kier molecular flexibility index (Phi) is 6.66. The van der Waals surface area contributed by atoms with Gasteiger partial charge in [0.15, 0.2) is 0 Å². The number of nitrogens with zero attached hydrogens (tertiary/aromatic N) is 2. The van der Waals surface area contributed by atoms with Crippen molar-refractivity contribution < 1.29 is 24.6 Å². The van der Waals surface area contributed by atoms with E-state index in [4.69, 9.17) is 0 Å². The fourth-order valence-corrected chi connectivity index (χ4v) is 2.30. The second kappa shape index (κ2) is 7.96. The molecule has 0 aromatic carbocycles.